The van der Waals surface area contributed by atoms with Crippen molar-refractivity contribution in [3.63, 3.8) is 0 Å². The minimum atomic E-state index is -3.56. The van der Waals surface area contributed by atoms with Gasteiger partial charge >= 0.3 is 0 Å². The molecule has 0 radical (unpaired) electrons. The number of sulfonamides is 1. The first-order chi connectivity index (χ1) is 12.8. The Hall–Kier alpha value is -2.12. The summed E-state index contributed by atoms with van der Waals surface area (Å²) in [6.07, 6.45) is 3.56. The Morgan fingerprint density at radius 3 is 2.22 bits per heavy atom. The van der Waals surface area contributed by atoms with Gasteiger partial charge in [-0.05, 0) is 25.0 Å². The first-order valence-corrected chi connectivity index (χ1v) is 10.7. The van der Waals surface area contributed by atoms with Crippen LogP contribution >= 0.6 is 0 Å². The van der Waals surface area contributed by atoms with Gasteiger partial charge in [0.2, 0.25) is 15.9 Å². The van der Waals surface area contributed by atoms with Crippen LogP contribution in [0.15, 0.2) is 41.3 Å². The van der Waals surface area contributed by atoms with E-state index in [-0.39, 0.29) is 5.91 Å². The number of hydrogen-bond acceptors (Lipinski definition) is 4. The van der Waals surface area contributed by atoms with Crippen LogP contribution in [0.25, 0.3) is 10.8 Å². The zero-order valence-corrected chi connectivity index (χ0v) is 17.1. The molecule has 2 aromatic carbocycles. The third kappa shape index (κ3) is 5.94. The number of anilines is 1. The van der Waals surface area contributed by atoms with E-state index in [2.05, 4.69) is 10.0 Å². The van der Waals surface area contributed by atoms with Crippen LogP contribution in [-0.4, -0.2) is 41.5 Å². The molecule has 1 amide bonds. The van der Waals surface area contributed by atoms with Crippen molar-refractivity contribution in [2.24, 2.45) is 0 Å². The summed E-state index contributed by atoms with van der Waals surface area (Å²) in [6.45, 7) is 2.58. The highest BCUT2D eigenvalue weighted by molar-refractivity contribution is 7.89. The molecule has 0 spiro atoms. The van der Waals surface area contributed by atoms with E-state index in [1.807, 2.05) is 43.3 Å². The normalized spacial score (nSPS) is 11.5. The summed E-state index contributed by atoms with van der Waals surface area (Å²) in [5, 5.41) is 4.41. The predicted octanol–water partition coefficient (Wildman–Crippen LogP) is 2.88. The van der Waals surface area contributed by atoms with Crippen LogP contribution in [0, 0.1) is 0 Å². The second-order valence-corrected chi connectivity index (χ2v) is 8.55. The molecule has 0 heterocycles. The predicted molar refractivity (Wildman–Crippen MR) is 111 cm³/mol. The molecular weight excluding hydrogens is 362 g/mol. The molecular formula is C20H29N3O3S. The van der Waals surface area contributed by atoms with Gasteiger partial charge in [0.15, 0.2) is 0 Å². The molecule has 0 aliphatic carbocycles. The van der Waals surface area contributed by atoms with Crippen LogP contribution in [0.1, 0.15) is 32.6 Å². The molecule has 0 saturated heterocycles. The molecule has 6 nitrogen and oxygen atoms in total. The summed E-state index contributed by atoms with van der Waals surface area (Å²) in [5.74, 6) is -0.0183. The summed E-state index contributed by atoms with van der Waals surface area (Å²) in [4.78, 5) is 13.1. The largest absolute Gasteiger partial charge is 0.377 e. The van der Waals surface area contributed by atoms with Gasteiger partial charge in [-0.3, -0.25) is 4.79 Å². The Kier molecular flexibility index (Phi) is 7.62. The highest BCUT2D eigenvalue weighted by atomic mass is 32.2. The van der Waals surface area contributed by atoms with E-state index in [9.17, 15) is 13.2 Å². The van der Waals surface area contributed by atoms with Crippen molar-refractivity contribution < 1.29 is 13.2 Å². The molecule has 0 aliphatic heterocycles. The maximum atomic E-state index is 12.8. The van der Waals surface area contributed by atoms with Crippen molar-refractivity contribution in [1.82, 2.24) is 10.0 Å². The SMILES string of the molecule is CC(=O)NCCCCCCNS(=O)(=O)c1cccc2c(N(C)C)cccc12. The van der Waals surface area contributed by atoms with Gasteiger partial charge in [0.05, 0.1) is 4.90 Å². The number of amides is 1. The van der Waals surface area contributed by atoms with Crippen LogP contribution < -0.4 is 14.9 Å². The van der Waals surface area contributed by atoms with Crippen molar-refractivity contribution in [2.45, 2.75) is 37.5 Å². The second kappa shape index (κ2) is 9.71. The van der Waals surface area contributed by atoms with Crippen LogP contribution in [0.4, 0.5) is 5.69 Å². The van der Waals surface area contributed by atoms with Crippen molar-refractivity contribution in [1.29, 1.82) is 0 Å². The summed E-state index contributed by atoms with van der Waals surface area (Å²) in [7, 11) is 0.326. The fourth-order valence-corrected chi connectivity index (χ4v) is 4.33. The second-order valence-electron chi connectivity index (χ2n) is 6.82. The van der Waals surface area contributed by atoms with Crippen molar-refractivity contribution >= 4 is 32.4 Å². The molecule has 0 aliphatic rings. The molecule has 0 saturated carbocycles. The number of benzene rings is 2. The molecule has 0 atom stereocenters. The van der Waals surface area contributed by atoms with Crippen LogP contribution in [0.3, 0.4) is 0 Å². The van der Waals surface area contributed by atoms with Crippen LogP contribution in [-0.2, 0) is 14.8 Å². The fourth-order valence-electron chi connectivity index (χ4n) is 3.04. The maximum absolute atomic E-state index is 12.8. The van der Waals surface area contributed by atoms with Gasteiger partial charge in [0, 0.05) is 50.6 Å². The smallest absolute Gasteiger partial charge is 0.241 e. The van der Waals surface area contributed by atoms with Gasteiger partial charge < -0.3 is 10.2 Å². The lowest BCUT2D eigenvalue weighted by atomic mass is 10.1. The lowest BCUT2D eigenvalue weighted by Gasteiger charge is -2.17. The zero-order valence-electron chi connectivity index (χ0n) is 16.3. The van der Waals surface area contributed by atoms with Crippen LogP contribution in [0.2, 0.25) is 0 Å². The number of carbonyl (C=O) groups is 1. The summed E-state index contributed by atoms with van der Waals surface area (Å²) >= 11 is 0. The van der Waals surface area contributed by atoms with E-state index < -0.39 is 10.0 Å². The Bertz CT molecular complexity index is 879. The van der Waals surface area contributed by atoms with E-state index in [0.29, 0.717) is 18.0 Å². The standard InChI is InChI=1S/C20H29N3O3S/c1-16(24)21-14-6-4-5-7-15-22-27(25,26)20-13-9-10-17-18(20)11-8-12-19(17)23(2)3/h8-13,22H,4-7,14-15H2,1-3H3,(H,21,24). The Balaban J connectivity index is 1.97. The zero-order chi connectivity index (χ0) is 19.9. The highest BCUT2D eigenvalue weighted by Crippen LogP contribution is 2.30. The van der Waals surface area contributed by atoms with E-state index >= 15 is 0 Å². The number of rotatable bonds is 10. The van der Waals surface area contributed by atoms with Gasteiger partial charge in [-0.1, -0.05) is 37.1 Å². The molecule has 27 heavy (non-hydrogen) atoms. The average molecular weight is 392 g/mol. The Morgan fingerprint density at radius 2 is 1.56 bits per heavy atom. The van der Waals surface area contributed by atoms with Crippen molar-refractivity contribution in [2.75, 3.05) is 32.1 Å². The van der Waals surface area contributed by atoms with Gasteiger partial charge in [0.25, 0.3) is 0 Å². The Morgan fingerprint density at radius 1 is 0.926 bits per heavy atom. The number of nitrogens with one attached hydrogen (secondary N) is 2. The topological polar surface area (TPSA) is 78.5 Å². The third-order valence-corrected chi connectivity index (χ3v) is 5.92. The van der Waals surface area contributed by atoms with Gasteiger partial charge in [-0.2, -0.15) is 0 Å². The first-order valence-electron chi connectivity index (χ1n) is 9.26. The summed E-state index contributed by atoms with van der Waals surface area (Å²) < 4.78 is 28.2. The first kappa shape index (κ1) is 21.2. The number of nitrogens with zero attached hydrogens (tertiary/aromatic N) is 1. The molecule has 0 aromatic heterocycles. The maximum Gasteiger partial charge on any atom is 0.241 e. The molecule has 0 unspecified atom stereocenters. The Labute approximate surface area is 162 Å². The van der Waals surface area contributed by atoms with Gasteiger partial charge in [0.1, 0.15) is 0 Å². The minimum Gasteiger partial charge on any atom is -0.377 e. The van der Waals surface area contributed by atoms with Gasteiger partial charge in [-0.15, -0.1) is 0 Å². The number of carbonyl (C=O) groups excluding carboxylic acids is 1. The number of hydrogen-bond donors (Lipinski definition) is 2. The summed E-state index contributed by atoms with van der Waals surface area (Å²) in [5.41, 5.74) is 0.990. The summed E-state index contributed by atoms with van der Waals surface area (Å²) in [6, 6.07) is 11.1. The minimum absolute atomic E-state index is 0.0183. The molecule has 0 bridgehead atoms. The van der Waals surface area contributed by atoms with E-state index in [1.54, 1.807) is 12.1 Å². The lowest BCUT2D eigenvalue weighted by Crippen LogP contribution is -2.25. The highest BCUT2D eigenvalue weighted by Gasteiger charge is 2.17. The number of unbranched alkanes of at least 4 members (excludes halogenated alkanes) is 3. The third-order valence-electron chi connectivity index (χ3n) is 4.40. The van der Waals surface area contributed by atoms with Gasteiger partial charge in [-0.25, -0.2) is 13.1 Å². The van der Waals surface area contributed by atoms with Crippen molar-refractivity contribution in [3.05, 3.63) is 36.4 Å². The molecule has 2 N–H and O–H groups in total. The quantitative estimate of drug-likeness (QED) is 0.611. The van der Waals surface area contributed by atoms with Crippen LogP contribution in [0.5, 0.6) is 0 Å². The lowest BCUT2D eigenvalue weighted by molar-refractivity contribution is -0.118. The van der Waals surface area contributed by atoms with E-state index in [0.717, 1.165) is 42.1 Å². The molecule has 2 aromatic rings. The number of fused-ring (bicyclic) bond motifs is 1. The monoisotopic (exact) mass is 391 g/mol. The molecule has 7 heteroatoms. The van der Waals surface area contributed by atoms with Crippen molar-refractivity contribution in [3.8, 4) is 0 Å². The average Bonchev–Trinajstić information content (AvgIpc) is 2.62. The fraction of sp³-hybridized carbons (Fsp3) is 0.450. The molecule has 2 rings (SSSR count). The molecule has 148 valence electrons. The molecule has 0 fully saturated rings. The van der Waals surface area contributed by atoms with E-state index in [4.69, 9.17) is 0 Å². The van der Waals surface area contributed by atoms with E-state index in [1.165, 1.54) is 6.92 Å².